The minimum atomic E-state index is -0.00824. The second kappa shape index (κ2) is 3.86. The van der Waals surface area contributed by atoms with Gasteiger partial charge in [0.25, 0.3) is 5.56 Å². The van der Waals surface area contributed by atoms with E-state index in [1.165, 1.54) is 0 Å². The zero-order chi connectivity index (χ0) is 11.7. The molecular weight excluding hydrogens is 216 g/mol. The molecule has 0 aliphatic carbocycles. The van der Waals surface area contributed by atoms with Crippen molar-refractivity contribution in [3.8, 4) is 0 Å². The van der Waals surface area contributed by atoms with Crippen LogP contribution >= 0.6 is 0 Å². The van der Waals surface area contributed by atoms with Gasteiger partial charge in [0.05, 0.1) is 6.54 Å². The van der Waals surface area contributed by atoms with Crippen molar-refractivity contribution in [1.29, 1.82) is 0 Å². The van der Waals surface area contributed by atoms with Crippen LogP contribution in [0.2, 0.25) is 0 Å². The van der Waals surface area contributed by atoms with Gasteiger partial charge in [0.1, 0.15) is 5.69 Å². The third-order valence-electron chi connectivity index (χ3n) is 2.69. The third-order valence-corrected chi connectivity index (χ3v) is 2.69. The maximum absolute atomic E-state index is 12.2. The molecule has 0 unspecified atom stereocenters. The lowest BCUT2D eigenvalue weighted by molar-refractivity contribution is 0.741. The summed E-state index contributed by atoms with van der Waals surface area (Å²) in [6, 6.07) is 9.47. The SMILES string of the molecule is O=c1c2ccccc2ccn1Cc1c[nH]nn1. The Kier molecular flexibility index (Phi) is 2.22. The summed E-state index contributed by atoms with van der Waals surface area (Å²) in [6.45, 7) is 0.431. The molecule has 0 aliphatic rings. The molecule has 2 heterocycles. The van der Waals surface area contributed by atoms with E-state index in [9.17, 15) is 4.79 Å². The van der Waals surface area contributed by atoms with Gasteiger partial charge in [0.2, 0.25) is 0 Å². The van der Waals surface area contributed by atoms with E-state index in [0.29, 0.717) is 6.54 Å². The third kappa shape index (κ3) is 1.71. The summed E-state index contributed by atoms with van der Waals surface area (Å²) in [6.07, 6.45) is 3.46. The highest BCUT2D eigenvalue weighted by Gasteiger charge is 2.03. The molecule has 0 radical (unpaired) electrons. The minimum Gasteiger partial charge on any atom is -0.309 e. The number of hydrogen-bond donors (Lipinski definition) is 1. The van der Waals surface area contributed by atoms with Gasteiger partial charge in [-0.2, -0.15) is 0 Å². The van der Waals surface area contributed by atoms with Gasteiger partial charge in [-0.1, -0.05) is 23.4 Å². The molecule has 2 aromatic heterocycles. The van der Waals surface area contributed by atoms with Gasteiger partial charge in [-0.3, -0.25) is 9.89 Å². The standard InChI is InChI=1S/C12H10N4O/c17-12-11-4-2-1-3-9(11)5-6-16(12)8-10-7-13-15-14-10/h1-7H,8H2,(H,13,14,15). The number of aromatic nitrogens is 4. The number of pyridine rings is 1. The molecule has 0 saturated heterocycles. The molecule has 5 heteroatoms. The summed E-state index contributed by atoms with van der Waals surface area (Å²) in [5, 5.41) is 11.8. The lowest BCUT2D eigenvalue weighted by atomic mass is 10.2. The lowest BCUT2D eigenvalue weighted by Gasteiger charge is -2.04. The van der Waals surface area contributed by atoms with Crippen molar-refractivity contribution in [2.24, 2.45) is 0 Å². The van der Waals surface area contributed by atoms with E-state index in [0.717, 1.165) is 16.5 Å². The number of fused-ring (bicyclic) bond motifs is 1. The number of nitrogens with one attached hydrogen (secondary N) is 1. The largest absolute Gasteiger partial charge is 0.309 e. The zero-order valence-corrected chi connectivity index (χ0v) is 9.00. The van der Waals surface area contributed by atoms with Gasteiger partial charge < -0.3 is 4.57 Å². The summed E-state index contributed by atoms with van der Waals surface area (Å²) in [4.78, 5) is 12.2. The highest BCUT2D eigenvalue weighted by Crippen LogP contribution is 2.08. The fourth-order valence-corrected chi connectivity index (χ4v) is 1.83. The molecule has 0 atom stereocenters. The number of H-pyrrole nitrogens is 1. The van der Waals surface area contributed by atoms with Crippen LogP contribution in [0.25, 0.3) is 10.8 Å². The van der Waals surface area contributed by atoms with Crippen LogP contribution in [-0.4, -0.2) is 20.0 Å². The Morgan fingerprint density at radius 1 is 1.24 bits per heavy atom. The quantitative estimate of drug-likeness (QED) is 0.713. The van der Waals surface area contributed by atoms with E-state index in [2.05, 4.69) is 15.4 Å². The normalized spacial score (nSPS) is 10.8. The average Bonchev–Trinajstić information content (AvgIpc) is 2.86. The molecule has 1 N–H and O–H groups in total. The average molecular weight is 226 g/mol. The molecule has 0 aliphatic heterocycles. The Morgan fingerprint density at radius 2 is 2.12 bits per heavy atom. The fourth-order valence-electron chi connectivity index (χ4n) is 1.83. The van der Waals surface area contributed by atoms with E-state index < -0.39 is 0 Å². The van der Waals surface area contributed by atoms with Gasteiger partial charge in [0, 0.05) is 17.8 Å². The molecule has 0 bridgehead atoms. The molecule has 0 fully saturated rings. The van der Waals surface area contributed by atoms with E-state index >= 15 is 0 Å². The smallest absolute Gasteiger partial charge is 0.258 e. The van der Waals surface area contributed by atoms with Crippen molar-refractivity contribution >= 4 is 10.8 Å². The van der Waals surface area contributed by atoms with Crippen LogP contribution in [0, 0.1) is 0 Å². The van der Waals surface area contributed by atoms with Crippen LogP contribution in [0.1, 0.15) is 5.69 Å². The van der Waals surface area contributed by atoms with Crippen LogP contribution in [0.15, 0.2) is 47.5 Å². The highest BCUT2D eigenvalue weighted by molar-refractivity contribution is 5.81. The molecule has 3 aromatic rings. The van der Waals surface area contributed by atoms with Crippen LogP contribution in [0.3, 0.4) is 0 Å². The summed E-state index contributed by atoms with van der Waals surface area (Å²) in [5.74, 6) is 0. The molecule has 17 heavy (non-hydrogen) atoms. The Morgan fingerprint density at radius 3 is 2.94 bits per heavy atom. The first-order valence-corrected chi connectivity index (χ1v) is 5.28. The summed E-state index contributed by atoms with van der Waals surface area (Å²) >= 11 is 0. The van der Waals surface area contributed by atoms with E-state index in [1.54, 1.807) is 17.0 Å². The number of benzene rings is 1. The fraction of sp³-hybridized carbons (Fsp3) is 0.0833. The van der Waals surface area contributed by atoms with Crippen molar-refractivity contribution in [1.82, 2.24) is 20.0 Å². The first-order valence-electron chi connectivity index (χ1n) is 5.28. The topological polar surface area (TPSA) is 63.6 Å². The number of aromatic amines is 1. The van der Waals surface area contributed by atoms with Crippen molar-refractivity contribution in [2.45, 2.75) is 6.54 Å². The molecule has 1 aromatic carbocycles. The van der Waals surface area contributed by atoms with Crippen molar-refractivity contribution in [3.05, 3.63) is 58.8 Å². The Labute approximate surface area is 96.7 Å². The molecule has 0 saturated carbocycles. The van der Waals surface area contributed by atoms with Gasteiger partial charge in [-0.25, -0.2) is 0 Å². The second-order valence-corrected chi connectivity index (χ2v) is 3.80. The van der Waals surface area contributed by atoms with Gasteiger partial charge in [-0.05, 0) is 17.5 Å². The predicted octanol–water partition coefficient (Wildman–Crippen LogP) is 1.17. The Hall–Kier alpha value is -2.43. The molecule has 84 valence electrons. The maximum Gasteiger partial charge on any atom is 0.258 e. The molecule has 5 nitrogen and oxygen atoms in total. The first-order chi connectivity index (χ1) is 8.34. The van der Waals surface area contributed by atoms with Gasteiger partial charge in [-0.15, -0.1) is 5.10 Å². The van der Waals surface area contributed by atoms with Crippen molar-refractivity contribution < 1.29 is 0 Å². The van der Waals surface area contributed by atoms with Crippen molar-refractivity contribution in [3.63, 3.8) is 0 Å². The van der Waals surface area contributed by atoms with Crippen LogP contribution in [0.4, 0.5) is 0 Å². The van der Waals surface area contributed by atoms with Crippen LogP contribution in [-0.2, 0) is 6.54 Å². The van der Waals surface area contributed by atoms with Crippen LogP contribution < -0.4 is 5.56 Å². The summed E-state index contributed by atoms with van der Waals surface area (Å²) in [5.41, 5.74) is 0.730. The predicted molar refractivity (Wildman–Crippen MR) is 63.7 cm³/mol. The van der Waals surface area contributed by atoms with Crippen LogP contribution in [0.5, 0.6) is 0 Å². The zero-order valence-electron chi connectivity index (χ0n) is 9.00. The number of hydrogen-bond acceptors (Lipinski definition) is 3. The Bertz CT molecular complexity index is 700. The summed E-state index contributed by atoms with van der Waals surface area (Å²) in [7, 11) is 0. The number of rotatable bonds is 2. The Balaban J connectivity index is 2.12. The molecular formula is C12H10N4O. The molecule has 0 spiro atoms. The first kappa shape index (κ1) is 9.77. The van der Waals surface area contributed by atoms with E-state index in [1.807, 2.05) is 30.3 Å². The van der Waals surface area contributed by atoms with Gasteiger partial charge in [0.15, 0.2) is 0 Å². The minimum absolute atomic E-state index is 0.00824. The van der Waals surface area contributed by atoms with E-state index in [-0.39, 0.29) is 5.56 Å². The molecule has 0 amide bonds. The maximum atomic E-state index is 12.2. The van der Waals surface area contributed by atoms with Gasteiger partial charge >= 0.3 is 0 Å². The van der Waals surface area contributed by atoms with Crippen molar-refractivity contribution in [2.75, 3.05) is 0 Å². The second-order valence-electron chi connectivity index (χ2n) is 3.80. The van der Waals surface area contributed by atoms with E-state index in [4.69, 9.17) is 0 Å². The highest BCUT2D eigenvalue weighted by atomic mass is 16.1. The monoisotopic (exact) mass is 226 g/mol. The summed E-state index contributed by atoms with van der Waals surface area (Å²) < 4.78 is 1.63. The molecule has 3 rings (SSSR count). The lowest BCUT2D eigenvalue weighted by Crippen LogP contribution is -2.20. The number of nitrogens with zero attached hydrogens (tertiary/aromatic N) is 3.